The van der Waals surface area contributed by atoms with E-state index < -0.39 is 5.82 Å². The Kier molecular flexibility index (Phi) is 4.03. The number of anilines is 2. The van der Waals surface area contributed by atoms with E-state index in [1.807, 2.05) is 13.8 Å². The Labute approximate surface area is 117 Å². The summed E-state index contributed by atoms with van der Waals surface area (Å²) >= 11 is 0. The average molecular weight is 272 g/mol. The number of halogens is 1. The average Bonchev–Trinajstić information content (AvgIpc) is 2.40. The van der Waals surface area contributed by atoms with Gasteiger partial charge in [-0.3, -0.25) is 4.79 Å². The van der Waals surface area contributed by atoms with Gasteiger partial charge >= 0.3 is 0 Å². The minimum atomic E-state index is -0.414. The van der Waals surface area contributed by atoms with Gasteiger partial charge in [0.05, 0.1) is 5.69 Å². The molecule has 4 heteroatoms. The number of rotatable bonds is 3. The number of hydrogen-bond donors (Lipinski definition) is 1. The first-order valence-electron chi connectivity index (χ1n) is 6.46. The highest BCUT2D eigenvalue weighted by Gasteiger charge is 2.19. The highest BCUT2D eigenvalue weighted by atomic mass is 19.1. The number of aryl methyl sites for hydroxylation is 1. The number of nitrogens with zero attached hydrogens (tertiary/aromatic N) is 1. The predicted octanol–water partition coefficient (Wildman–Crippen LogP) is 3.38. The molecule has 0 saturated heterocycles. The summed E-state index contributed by atoms with van der Waals surface area (Å²) in [6.07, 6.45) is 0. The van der Waals surface area contributed by atoms with E-state index in [4.69, 9.17) is 5.73 Å². The molecule has 2 N–H and O–H groups in total. The first-order chi connectivity index (χ1) is 9.52. The van der Waals surface area contributed by atoms with Gasteiger partial charge in [-0.2, -0.15) is 0 Å². The van der Waals surface area contributed by atoms with Crippen LogP contribution < -0.4 is 10.6 Å². The summed E-state index contributed by atoms with van der Waals surface area (Å²) in [5.41, 5.74) is 7.93. The Morgan fingerprint density at radius 1 is 1.25 bits per heavy atom. The van der Waals surface area contributed by atoms with Crippen molar-refractivity contribution in [1.82, 2.24) is 0 Å². The molecule has 2 aromatic rings. The molecule has 0 aromatic heterocycles. The maximum Gasteiger partial charge on any atom is 0.258 e. The highest BCUT2D eigenvalue weighted by molar-refractivity contribution is 6.06. The molecule has 104 valence electrons. The van der Waals surface area contributed by atoms with E-state index >= 15 is 0 Å². The van der Waals surface area contributed by atoms with Crippen LogP contribution in [0, 0.1) is 12.7 Å². The van der Waals surface area contributed by atoms with E-state index in [1.54, 1.807) is 36.4 Å². The highest BCUT2D eigenvalue weighted by Crippen LogP contribution is 2.22. The van der Waals surface area contributed by atoms with Crippen molar-refractivity contribution < 1.29 is 9.18 Å². The first kappa shape index (κ1) is 14.1. The van der Waals surface area contributed by atoms with E-state index in [9.17, 15) is 9.18 Å². The fourth-order valence-electron chi connectivity index (χ4n) is 2.19. The van der Waals surface area contributed by atoms with Crippen LogP contribution >= 0.6 is 0 Å². The van der Waals surface area contributed by atoms with Crippen molar-refractivity contribution >= 4 is 17.3 Å². The molecule has 0 radical (unpaired) electrons. The van der Waals surface area contributed by atoms with Crippen LogP contribution in [-0.2, 0) is 0 Å². The minimum Gasteiger partial charge on any atom is -0.399 e. The van der Waals surface area contributed by atoms with Gasteiger partial charge in [0.15, 0.2) is 0 Å². The second-order valence-electron chi connectivity index (χ2n) is 4.63. The summed E-state index contributed by atoms with van der Waals surface area (Å²) in [4.78, 5) is 13.9. The molecule has 0 heterocycles. The van der Waals surface area contributed by atoms with E-state index in [2.05, 4.69) is 0 Å². The van der Waals surface area contributed by atoms with Crippen molar-refractivity contribution in [3.63, 3.8) is 0 Å². The van der Waals surface area contributed by atoms with Crippen molar-refractivity contribution in [3.05, 3.63) is 59.4 Å². The van der Waals surface area contributed by atoms with Crippen molar-refractivity contribution in [2.24, 2.45) is 0 Å². The van der Waals surface area contributed by atoms with Gasteiger partial charge in [-0.1, -0.05) is 12.1 Å². The molecule has 3 nitrogen and oxygen atoms in total. The molecule has 0 aliphatic heterocycles. The van der Waals surface area contributed by atoms with Crippen molar-refractivity contribution in [1.29, 1.82) is 0 Å². The second kappa shape index (κ2) is 5.74. The van der Waals surface area contributed by atoms with Crippen LogP contribution in [0.5, 0.6) is 0 Å². The second-order valence-corrected chi connectivity index (χ2v) is 4.63. The van der Waals surface area contributed by atoms with E-state index in [-0.39, 0.29) is 11.6 Å². The summed E-state index contributed by atoms with van der Waals surface area (Å²) in [5, 5.41) is 0. The normalized spacial score (nSPS) is 10.3. The fourth-order valence-corrected chi connectivity index (χ4v) is 2.19. The molecule has 0 saturated carbocycles. The van der Waals surface area contributed by atoms with Crippen molar-refractivity contribution in [3.8, 4) is 0 Å². The molecule has 1 amide bonds. The molecule has 0 bridgehead atoms. The maximum absolute atomic E-state index is 13.8. The van der Waals surface area contributed by atoms with Crippen LogP contribution in [-0.4, -0.2) is 12.5 Å². The lowest BCUT2D eigenvalue weighted by atomic mass is 10.1. The molecule has 0 atom stereocenters. The Morgan fingerprint density at radius 3 is 2.55 bits per heavy atom. The lowest BCUT2D eigenvalue weighted by molar-refractivity contribution is 0.0987. The molecule has 0 spiro atoms. The zero-order chi connectivity index (χ0) is 14.7. The number of nitrogen functional groups attached to an aromatic ring is 1. The third kappa shape index (κ3) is 2.79. The number of hydrogen-bond acceptors (Lipinski definition) is 2. The molecule has 2 rings (SSSR count). The van der Waals surface area contributed by atoms with Crippen LogP contribution in [0.4, 0.5) is 15.8 Å². The van der Waals surface area contributed by atoms with Gasteiger partial charge in [-0.25, -0.2) is 4.39 Å². The number of nitrogens with two attached hydrogens (primary N) is 1. The summed E-state index contributed by atoms with van der Waals surface area (Å²) in [5.74, 6) is -0.670. The summed E-state index contributed by atoms with van der Waals surface area (Å²) < 4.78 is 13.8. The fraction of sp³-hybridized carbons (Fsp3) is 0.188. The van der Waals surface area contributed by atoms with Crippen LogP contribution in [0.1, 0.15) is 22.8 Å². The smallest absolute Gasteiger partial charge is 0.258 e. The number of carbonyl (C=O) groups is 1. The first-order valence-corrected chi connectivity index (χ1v) is 6.46. The van der Waals surface area contributed by atoms with Gasteiger partial charge in [0.2, 0.25) is 0 Å². The van der Waals surface area contributed by atoms with E-state index in [1.165, 1.54) is 11.0 Å². The Morgan fingerprint density at radius 2 is 1.95 bits per heavy atom. The molecule has 0 fully saturated rings. The largest absolute Gasteiger partial charge is 0.399 e. The van der Waals surface area contributed by atoms with E-state index in [0.29, 0.717) is 17.8 Å². The maximum atomic E-state index is 13.8. The Hall–Kier alpha value is -2.36. The molecule has 0 unspecified atom stereocenters. The lowest BCUT2D eigenvalue weighted by Gasteiger charge is -2.22. The third-order valence-electron chi connectivity index (χ3n) is 3.05. The van der Waals surface area contributed by atoms with Crippen LogP contribution in [0.25, 0.3) is 0 Å². The topological polar surface area (TPSA) is 46.3 Å². The molecular weight excluding hydrogens is 255 g/mol. The van der Waals surface area contributed by atoms with Crippen LogP contribution in [0.3, 0.4) is 0 Å². The summed E-state index contributed by atoms with van der Waals surface area (Å²) in [6, 6.07) is 11.4. The van der Waals surface area contributed by atoms with Gasteiger partial charge in [0.25, 0.3) is 5.91 Å². The molecule has 0 aliphatic carbocycles. The third-order valence-corrected chi connectivity index (χ3v) is 3.05. The van der Waals surface area contributed by atoms with Crippen LogP contribution in [0.15, 0.2) is 42.5 Å². The molecule has 2 aromatic carbocycles. The molecule has 0 aliphatic rings. The monoisotopic (exact) mass is 272 g/mol. The van der Waals surface area contributed by atoms with E-state index in [0.717, 1.165) is 5.56 Å². The van der Waals surface area contributed by atoms with Crippen molar-refractivity contribution in [2.45, 2.75) is 13.8 Å². The molecule has 20 heavy (non-hydrogen) atoms. The molecular formula is C16H17FN2O. The van der Waals surface area contributed by atoms with Gasteiger partial charge in [-0.15, -0.1) is 0 Å². The van der Waals surface area contributed by atoms with Crippen molar-refractivity contribution in [2.75, 3.05) is 17.2 Å². The number of para-hydroxylation sites is 1. The zero-order valence-corrected chi connectivity index (χ0v) is 11.6. The summed E-state index contributed by atoms with van der Waals surface area (Å²) in [6.45, 7) is 4.06. The van der Waals surface area contributed by atoms with Crippen LogP contribution in [0.2, 0.25) is 0 Å². The number of carbonyl (C=O) groups excluding carboxylic acids is 1. The zero-order valence-electron chi connectivity index (χ0n) is 11.6. The standard InChI is InChI=1S/C16H17FN2O/c1-3-19(15-7-5-4-6-14(15)17)16(20)12-8-11(2)9-13(18)10-12/h4-10H,3,18H2,1-2H3. The van der Waals surface area contributed by atoms with Gasteiger partial charge in [0, 0.05) is 17.8 Å². The lowest BCUT2D eigenvalue weighted by Crippen LogP contribution is -2.31. The minimum absolute atomic E-state index is 0.256. The van der Waals surface area contributed by atoms with Gasteiger partial charge < -0.3 is 10.6 Å². The number of benzene rings is 2. The predicted molar refractivity (Wildman–Crippen MR) is 79.3 cm³/mol. The van der Waals surface area contributed by atoms with Gasteiger partial charge in [0.1, 0.15) is 5.82 Å². The quantitative estimate of drug-likeness (QED) is 0.871. The number of amides is 1. The van der Waals surface area contributed by atoms with Gasteiger partial charge in [-0.05, 0) is 49.7 Å². The summed E-state index contributed by atoms with van der Waals surface area (Å²) in [7, 11) is 0. The Balaban J connectivity index is 2.42. The SMILES string of the molecule is CCN(C(=O)c1cc(C)cc(N)c1)c1ccccc1F. The Bertz CT molecular complexity index is 620.